The van der Waals surface area contributed by atoms with E-state index in [4.69, 9.17) is 0 Å². The van der Waals surface area contributed by atoms with Crippen LogP contribution in [0.5, 0.6) is 0 Å². The minimum atomic E-state index is -0.463. The summed E-state index contributed by atoms with van der Waals surface area (Å²) in [4.78, 5) is 11.9. The monoisotopic (exact) mass is 262 g/mol. The van der Waals surface area contributed by atoms with Gasteiger partial charge in [0.15, 0.2) is 0 Å². The molecule has 1 aromatic heterocycles. The van der Waals surface area contributed by atoms with Crippen LogP contribution in [0.4, 0.5) is 0 Å². The molecule has 2 rings (SSSR count). The zero-order valence-corrected chi connectivity index (χ0v) is 12.1. The Morgan fingerprint density at radius 1 is 1.21 bits per heavy atom. The quantitative estimate of drug-likeness (QED) is 0.919. The highest BCUT2D eigenvalue weighted by atomic mass is 16.3. The van der Waals surface area contributed by atoms with Gasteiger partial charge in [0.2, 0.25) is 0 Å². The Hall–Kier alpha value is -1.55. The van der Waals surface area contributed by atoms with Gasteiger partial charge in [-0.1, -0.05) is 26.3 Å². The van der Waals surface area contributed by atoms with E-state index >= 15 is 0 Å². The fourth-order valence-corrected chi connectivity index (χ4v) is 2.41. The molecule has 2 unspecified atom stereocenters. The smallest absolute Gasteiger partial charge is 0.328 e. The van der Waals surface area contributed by atoms with Crippen molar-refractivity contribution in [3.63, 3.8) is 0 Å². The van der Waals surface area contributed by atoms with Crippen molar-refractivity contribution >= 4 is 11.0 Å². The maximum atomic E-state index is 11.9. The molecule has 2 atom stereocenters. The van der Waals surface area contributed by atoms with Gasteiger partial charge in [-0.25, -0.2) is 4.79 Å². The standard InChI is InChI=1S/C15H22N2O2/c1-5-10(2)8-14(18)11-6-7-12-13(9-11)17(4)15(19)16(12)3/h6-7,9-10,14,18H,5,8H2,1-4H3. The van der Waals surface area contributed by atoms with Gasteiger partial charge in [0.25, 0.3) is 0 Å². The molecule has 0 aliphatic carbocycles. The second-order valence-electron chi connectivity index (χ2n) is 5.41. The molecule has 104 valence electrons. The summed E-state index contributed by atoms with van der Waals surface area (Å²) < 4.78 is 3.25. The maximum Gasteiger partial charge on any atom is 0.328 e. The molecule has 1 heterocycles. The van der Waals surface area contributed by atoms with Crippen molar-refractivity contribution in [1.82, 2.24) is 9.13 Å². The number of imidazole rings is 1. The molecule has 0 fully saturated rings. The molecule has 19 heavy (non-hydrogen) atoms. The molecule has 4 heteroatoms. The Bertz CT molecular complexity index is 639. The fourth-order valence-electron chi connectivity index (χ4n) is 2.41. The predicted molar refractivity (Wildman–Crippen MR) is 77.2 cm³/mol. The molecule has 0 saturated carbocycles. The number of nitrogens with zero attached hydrogens (tertiary/aromatic N) is 2. The zero-order valence-electron chi connectivity index (χ0n) is 12.1. The van der Waals surface area contributed by atoms with E-state index < -0.39 is 6.10 Å². The summed E-state index contributed by atoms with van der Waals surface area (Å²) >= 11 is 0. The molecule has 4 nitrogen and oxygen atoms in total. The number of aliphatic hydroxyl groups excluding tert-OH is 1. The van der Waals surface area contributed by atoms with Crippen molar-refractivity contribution in [2.24, 2.45) is 20.0 Å². The molecule has 0 radical (unpaired) electrons. The minimum absolute atomic E-state index is 0.0384. The van der Waals surface area contributed by atoms with Crippen molar-refractivity contribution in [2.75, 3.05) is 0 Å². The Labute approximate surface area is 113 Å². The lowest BCUT2D eigenvalue weighted by Gasteiger charge is -2.15. The van der Waals surface area contributed by atoms with Crippen LogP contribution in [0.2, 0.25) is 0 Å². The minimum Gasteiger partial charge on any atom is -0.388 e. The third-order valence-corrected chi connectivity index (χ3v) is 4.00. The topological polar surface area (TPSA) is 47.2 Å². The fraction of sp³-hybridized carbons (Fsp3) is 0.533. The molecule has 1 aromatic carbocycles. The van der Waals surface area contributed by atoms with E-state index in [0.29, 0.717) is 5.92 Å². The number of benzene rings is 1. The van der Waals surface area contributed by atoms with E-state index in [1.807, 2.05) is 18.2 Å². The highest BCUT2D eigenvalue weighted by molar-refractivity contribution is 5.76. The van der Waals surface area contributed by atoms with Crippen LogP contribution in [0.25, 0.3) is 11.0 Å². The molecule has 0 spiro atoms. The maximum absolute atomic E-state index is 11.9. The number of aryl methyl sites for hydroxylation is 2. The number of aromatic nitrogens is 2. The van der Waals surface area contributed by atoms with Crippen LogP contribution in [0.3, 0.4) is 0 Å². The van der Waals surface area contributed by atoms with E-state index in [0.717, 1.165) is 29.4 Å². The summed E-state index contributed by atoms with van der Waals surface area (Å²) in [5.74, 6) is 0.491. The lowest BCUT2D eigenvalue weighted by molar-refractivity contribution is 0.146. The summed E-state index contributed by atoms with van der Waals surface area (Å²) in [6, 6.07) is 5.74. The highest BCUT2D eigenvalue weighted by Crippen LogP contribution is 2.25. The zero-order chi connectivity index (χ0) is 14.2. The van der Waals surface area contributed by atoms with Gasteiger partial charge in [0.1, 0.15) is 0 Å². The lowest BCUT2D eigenvalue weighted by atomic mass is 9.96. The van der Waals surface area contributed by atoms with Gasteiger partial charge < -0.3 is 5.11 Å². The number of hydrogen-bond donors (Lipinski definition) is 1. The first-order valence-electron chi connectivity index (χ1n) is 6.79. The molecule has 1 N–H and O–H groups in total. The van der Waals surface area contributed by atoms with E-state index in [-0.39, 0.29) is 5.69 Å². The van der Waals surface area contributed by atoms with Crippen molar-refractivity contribution in [3.8, 4) is 0 Å². The molecule has 0 bridgehead atoms. The van der Waals surface area contributed by atoms with Gasteiger partial charge >= 0.3 is 5.69 Å². The normalized spacial score (nSPS) is 14.8. The van der Waals surface area contributed by atoms with Crippen molar-refractivity contribution < 1.29 is 5.11 Å². The van der Waals surface area contributed by atoms with E-state index in [9.17, 15) is 9.90 Å². The molecule has 2 aromatic rings. The van der Waals surface area contributed by atoms with Crippen LogP contribution < -0.4 is 5.69 Å². The molecule has 0 amide bonds. The molecular formula is C15H22N2O2. The highest BCUT2D eigenvalue weighted by Gasteiger charge is 2.14. The van der Waals surface area contributed by atoms with E-state index in [2.05, 4.69) is 13.8 Å². The van der Waals surface area contributed by atoms with Crippen LogP contribution in [-0.2, 0) is 14.1 Å². The van der Waals surface area contributed by atoms with Gasteiger partial charge in [-0.2, -0.15) is 0 Å². The Kier molecular flexibility index (Phi) is 3.80. The second kappa shape index (κ2) is 5.21. The molecule has 0 aliphatic heterocycles. The Morgan fingerprint density at radius 2 is 1.84 bits per heavy atom. The summed E-state index contributed by atoms with van der Waals surface area (Å²) in [7, 11) is 3.52. The van der Waals surface area contributed by atoms with Gasteiger partial charge in [0.05, 0.1) is 17.1 Å². The SMILES string of the molecule is CCC(C)CC(O)c1ccc2c(c1)n(C)c(=O)n2C. The summed E-state index contributed by atoms with van der Waals surface area (Å²) in [5.41, 5.74) is 2.61. The third kappa shape index (κ3) is 2.45. The largest absolute Gasteiger partial charge is 0.388 e. The number of hydrogen-bond acceptors (Lipinski definition) is 2. The number of aliphatic hydroxyl groups is 1. The van der Waals surface area contributed by atoms with E-state index in [1.54, 1.807) is 23.2 Å². The summed E-state index contributed by atoms with van der Waals surface area (Å²) in [6.45, 7) is 4.27. The Balaban J connectivity index is 2.42. The average molecular weight is 262 g/mol. The van der Waals surface area contributed by atoms with Crippen LogP contribution in [0, 0.1) is 5.92 Å². The van der Waals surface area contributed by atoms with Crippen molar-refractivity contribution in [2.45, 2.75) is 32.8 Å². The van der Waals surface area contributed by atoms with Gasteiger partial charge in [-0.15, -0.1) is 0 Å². The number of fused-ring (bicyclic) bond motifs is 1. The van der Waals surface area contributed by atoms with Crippen LogP contribution in [0.1, 0.15) is 38.4 Å². The van der Waals surface area contributed by atoms with E-state index in [1.165, 1.54) is 0 Å². The van der Waals surface area contributed by atoms with Crippen molar-refractivity contribution in [1.29, 1.82) is 0 Å². The predicted octanol–water partition coefficient (Wildman–Crippen LogP) is 2.35. The first-order valence-corrected chi connectivity index (χ1v) is 6.79. The first kappa shape index (κ1) is 13.9. The average Bonchev–Trinajstić information content (AvgIpc) is 2.63. The Morgan fingerprint density at radius 3 is 2.47 bits per heavy atom. The second-order valence-corrected chi connectivity index (χ2v) is 5.41. The van der Waals surface area contributed by atoms with Crippen LogP contribution in [-0.4, -0.2) is 14.2 Å². The molecule has 0 aliphatic rings. The first-order chi connectivity index (χ1) is 8.95. The van der Waals surface area contributed by atoms with Crippen LogP contribution >= 0.6 is 0 Å². The number of rotatable bonds is 4. The van der Waals surface area contributed by atoms with Crippen LogP contribution in [0.15, 0.2) is 23.0 Å². The lowest BCUT2D eigenvalue weighted by Crippen LogP contribution is -2.19. The van der Waals surface area contributed by atoms with Gasteiger partial charge in [-0.05, 0) is 30.0 Å². The molecule has 0 saturated heterocycles. The molecular weight excluding hydrogens is 240 g/mol. The van der Waals surface area contributed by atoms with Crippen molar-refractivity contribution in [3.05, 3.63) is 34.2 Å². The summed E-state index contributed by atoms with van der Waals surface area (Å²) in [6.07, 6.45) is 1.35. The third-order valence-electron chi connectivity index (χ3n) is 4.00. The van der Waals surface area contributed by atoms with Gasteiger partial charge in [-0.3, -0.25) is 9.13 Å². The van der Waals surface area contributed by atoms with Gasteiger partial charge in [0, 0.05) is 14.1 Å². The summed E-state index contributed by atoms with van der Waals surface area (Å²) in [5, 5.41) is 10.3.